The highest BCUT2D eigenvalue weighted by Gasteiger charge is 2.56. The Hall–Kier alpha value is -1.18. The molecule has 1 N–H and O–H groups in total. The molecule has 31 heavy (non-hydrogen) atoms. The summed E-state index contributed by atoms with van der Waals surface area (Å²) in [5.74, 6) is 0.302. The normalized spacial score (nSPS) is 17.1. The molecular weight excluding hydrogens is 378 g/mol. The van der Waals surface area contributed by atoms with Crippen LogP contribution in [-0.4, -0.2) is 26.6 Å². The molecule has 0 amide bonds. The van der Waals surface area contributed by atoms with Crippen LogP contribution in [-0.2, 0) is 10.2 Å². The van der Waals surface area contributed by atoms with Gasteiger partial charge in [0.15, 0.2) is 0 Å². The van der Waals surface area contributed by atoms with Gasteiger partial charge in [-0.15, -0.1) is 0 Å². The van der Waals surface area contributed by atoms with Crippen LogP contribution in [0.3, 0.4) is 0 Å². The van der Waals surface area contributed by atoms with Crippen LogP contribution < -0.4 is 10.9 Å². The molecule has 0 aliphatic carbocycles. The van der Waals surface area contributed by atoms with Gasteiger partial charge in [-0.05, 0) is 41.1 Å². The number of hydrogen-bond donors (Lipinski definition) is 1. The van der Waals surface area contributed by atoms with E-state index in [4.69, 9.17) is 15.7 Å². The van der Waals surface area contributed by atoms with Crippen LogP contribution in [0.1, 0.15) is 107 Å². The fourth-order valence-corrected chi connectivity index (χ4v) is 5.37. The minimum absolute atomic E-state index is 0.0614. The van der Waals surface area contributed by atoms with Gasteiger partial charge < -0.3 is 5.11 Å². The summed E-state index contributed by atoms with van der Waals surface area (Å²) in [6, 6.07) is 3.62. The second kappa shape index (κ2) is 8.99. The largest absolute Gasteiger partial charge is 0.509 e. The van der Waals surface area contributed by atoms with Gasteiger partial charge in [-0.1, -0.05) is 106 Å². The molecule has 0 saturated heterocycles. The summed E-state index contributed by atoms with van der Waals surface area (Å²) in [4.78, 5) is 14.3. The van der Waals surface area contributed by atoms with Crippen molar-refractivity contribution >= 4 is 32.4 Å². The first kappa shape index (κ1) is 27.9. The average Bonchev–Trinajstić information content (AvgIpc) is 2.62. The zero-order chi connectivity index (χ0) is 24.6. The smallest absolute Gasteiger partial charge is 0.145 e. The third-order valence-corrected chi connectivity index (χ3v) is 8.44. The number of hydrogen-bond acceptors (Lipinski definition) is 2. The third kappa shape index (κ3) is 5.09. The maximum Gasteiger partial charge on any atom is 0.145 e. The first-order chi connectivity index (χ1) is 13.8. The summed E-state index contributed by atoms with van der Waals surface area (Å²) in [5, 5.41) is 10.00. The Morgan fingerprint density at radius 2 is 1.32 bits per heavy atom. The molecule has 0 spiro atoms. The van der Waals surface area contributed by atoms with E-state index in [0.29, 0.717) is 16.7 Å². The topological polar surface area (TPSA) is 37.3 Å². The van der Waals surface area contributed by atoms with E-state index in [1.165, 1.54) is 0 Å². The highest BCUT2D eigenvalue weighted by atomic mass is 16.3. The zero-order valence-corrected chi connectivity index (χ0v) is 22.0. The minimum atomic E-state index is -0.481. The van der Waals surface area contributed by atoms with Crippen molar-refractivity contribution in [1.82, 2.24) is 0 Å². The van der Waals surface area contributed by atoms with Crippen LogP contribution in [0.5, 0.6) is 5.75 Å². The molecule has 0 heterocycles. The molecule has 0 fully saturated rings. The maximum atomic E-state index is 14.3. The van der Waals surface area contributed by atoms with E-state index in [1.807, 2.05) is 12.1 Å². The first-order valence-electron chi connectivity index (χ1n) is 11.7. The lowest BCUT2D eigenvalue weighted by molar-refractivity contribution is -0.153. The molecule has 0 aliphatic heterocycles. The van der Waals surface area contributed by atoms with Gasteiger partial charge in [0.05, 0.1) is 0 Å². The van der Waals surface area contributed by atoms with Crippen LogP contribution in [0, 0.1) is 21.7 Å². The van der Waals surface area contributed by atoms with E-state index in [2.05, 4.69) is 76.2 Å². The number of phenols is 1. The second-order valence-electron chi connectivity index (χ2n) is 12.3. The standard InChI is InChI=1S/C27H44B2O2/c1-12-14-27(11,22(31)26(10,13-2)23(3,4)5)25(8,9)17-24(6,7)18-15-19(28)21(30)20(29)16-18/h15-16,30H,12-14,17H2,1-11H3. The van der Waals surface area contributed by atoms with Gasteiger partial charge >= 0.3 is 0 Å². The fraction of sp³-hybridized carbons (Fsp3) is 0.741. The Balaban J connectivity index is 3.52. The Bertz CT molecular complexity index is 781. The van der Waals surface area contributed by atoms with Crippen molar-refractivity contribution in [3.8, 4) is 5.75 Å². The van der Waals surface area contributed by atoms with Gasteiger partial charge in [0, 0.05) is 10.8 Å². The number of benzene rings is 1. The van der Waals surface area contributed by atoms with E-state index in [9.17, 15) is 9.90 Å². The number of carbonyl (C=O) groups excluding carboxylic acids is 1. The molecule has 2 nitrogen and oxygen atoms in total. The summed E-state index contributed by atoms with van der Waals surface area (Å²) in [7, 11) is 12.0. The molecule has 1 aromatic carbocycles. The first-order valence-corrected chi connectivity index (χ1v) is 11.7. The molecule has 4 radical (unpaired) electrons. The third-order valence-electron chi connectivity index (χ3n) is 8.44. The molecule has 4 heteroatoms. The lowest BCUT2D eigenvalue weighted by atomic mass is 9.49. The molecule has 2 atom stereocenters. The van der Waals surface area contributed by atoms with Gasteiger partial charge in [-0.2, -0.15) is 0 Å². The highest BCUT2D eigenvalue weighted by Crippen LogP contribution is 2.56. The van der Waals surface area contributed by atoms with E-state index in [0.717, 1.165) is 31.2 Å². The van der Waals surface area contributed by atoms with E-state index in [-0.39, 0.29) is 22.0 Å². The van der Waals surface area contributed by atoms with Crippen molar-refractivity contribution in [3.05, 3.63) is 17.7 Å². The predicted molar refractivity (Wildman–Crippen MR) is 136 cm³/mol. The minimum Gasteiger partial charge on any atom is -0.509 e. The number of Topliss-reactive ketones (excluding diaryl/α,β-unsaturated/α-hetero) is 1. The second-order valence-corrected chi connectivity index (χ2v) is 12.3. The molecule has 0 aliphatic rings. The summed E-state index contributed by atoms with van der Waals surface area (Å²) >= 11 is 0. The van der Waals surface area contributed by atoms with E-state index < -0.39 is 10.8 Å². The number of carbonyl (C=O) groups is 1. The molecule has 0 aromatic heterocycles. The maximum absolute atomic E-state index is 14.3. The van der Waals surface area contributed by atoms with Crippen LogP contribution >= 0.6 is 0 Å². The van der Waals surface area contributed by atoms with E-state index in [1.54, 1.807) is 0 Å². The quantitative estimate of drug-likeness (QED) is 0.533. The monoisotopic (exact) mass is 422 g/mol. The highest BCUT2D eigenvalue weighted by molar-refractivity contribution is 6.41. The number of phenolic OH excluding ortho intramolecular Hbond substituents is 1. The van der Waals surface area contributed by atoms with Crippen molar-refractivity contribution in [2.45, 2.75) is 107 Å². The summed E-state index contributed by atoms with van der Waals surface area (Å²) < 4.78 is 0. The molecule has 1 rings (SSSR count). The summed E-state index contributed by atoms with van der Waals surface area (Å²) in [5.41, 5.74) is -0.00477. The lowest BCUT2D eigenvalue weighted by Gasteiger charge is -2.53. The molecule has 2 unspecified atom stereocenters. The van der Waals surface area contributed by atoms with Crippen molar-refractivity contribution in [2.75, 3.05) is 0 Å². The molecule has 170 valence electrons. The van der Waals surface area contributed by atoms with Crippen LogP contribution in [0.15, 0.2) is 12.1 Å². The molecule has 0 bridgehead atoms. The Kier molecular flexibility index (Phi) is 8.07. The summed E-state index contributed by atoms with van der Waals surface area (Å²) in [6.07, 6.45) is 3.41. The van der Waals surface area contributed by atoms with Crippen molar-refractivity contribution in [2.24, 2.45) is 21.7 Å². The Morgan fingerprint density at radius 3 is 1.68 bits per heavy atom. The van der Waals surface area contributed by atoms with E-state index >= 15 is 0 Å². The van der Waals surface area contributed by atoms with Gasteiger partial charge in [0.2, 0.25) is 0 Å². The Morgan fingerprint density at radius 1 is 0.871 bits per heavy atom. The molecular formula is C27H44B2O2. The SMILES string of the molecule is [B]c1cc(C(C)(C)CC(C)(C)C(C)(CCC)C(=O)C(C)(CC)C(C)(C)C)cc([B])c1O. The number of ketones is 1. The van der Waals surface area contributed by atoms with Crippen LogP contribution in [0.25, 0.3) is 0 Å². The lowest BCUT2D eigenvalue weighted by Crippen LogP contribution is -2.54. The summed E-state index contributed by atoms with van der Waals surface area (Å²) in [6.45, 7) is 23.9. The number of aromatic hydroxyl groups is 1. The van der Waals surface area contributed by atoms with Crippen molar-refractivity contribution < 1.29 is 9.90 Å². The van der Waals surface area contributed by atoms with Crippen LogP contribution in [0.4, 0.5) is 0 Å². The Labute approximate surface area is 194 Å². The number of rotatable bonds is 9. The van der Waals surface area contributed by atoms with Gasteiger partial charge in [0.25, 0.3) is 0 Å². The van der Waals surface area contributed by atoms with Gasteiger partial charge in [-0.25, -0.2) is 0 Å². The molecule has 1 aromatic rings. The average molecular weight is 422 g/mol. The predicted octanol–water partition coefficient (Wildman–Crippen LogP) is 5.51. The van der Waals surface area contributed by atoms with Gasteiger partial charge in [-0.3, -0.25) is 4.79 Å². The van der Waals surface area contributed by atoms with Gasteiger partial charge in [0.1, 0.15) is 27.2 Å². The molecule has 0 saturated carbocycles. The zero-order valence-electron chi connectivity index (χ0n) is 22.0. The van der Waals surface area contributed by atoms with Crippen LogP contribution in [0.2, 0.25) is 0 Å². The fourth-order valence-electron chi connectivity index (χ4n) is 5.37. The van der Waals surface area contributed by atoms with Crippen molar-refractivity contribution in [1.29, 1.82) is 0 Å². The van der Waals surface area contributed by atoms with Crippen molar-refractivity contribution in [3.63, 3.8) is 0 Å².